The summed E-state index contributed by atoms with van der Waals surface area (Å²) in [5.41, 5.74) is 7.94. The van der Waals surface area contributed by atoms with Crippen molar-refractivity contribution in [2.24, 2.45) is 0 Å². The topological polar surface area (TPSA) is 55.1 Å². The molecule has 5 heteroatoms. The number of anilines is 1. The lowest BCUT2D eigenvalue weighted by molar-refractivity contribution is 0.0940. The van der Waals surface area contributed by atoms with E-state index >= 15 is 0 Å². The lowest BCUT2D eigenvalue weighted by Crippen LogP contribution is -2.26. The Kier molecular flexibility index (Phi) is 4.12. The Morgan fingerprint density at radius 1 is 1.37 bits per heavy atom. The number of benzene rings is 1. The van der Waals surface area contributed by atoms with Crippen LogP contribution in [0.25, 0.3) is 0 Å². The van der Waals surface area contributed by atoms with Crippen LogP contribution in [0, 0.1) is 6.92 Å². The van der Waals surface area contributed by atoms with E-state index in [1.807, 2.05) is 26.0 Å². The molecule has 1 aromatic carbocycles. The molecule has 0 spiro atoms. The van der Waals surface area contributed by atoms with Crippen LogP contribution in [0.15, 0.2) is 30.3 Å². The quantitative estimate of drug-likeness (QED) is 0.846. The largest absolute Gasteiger partial charge is 0.399 e. The number of aryl methyl sites for hydroxylation is 1. The third-order valence-corrected chi connectivity index (χ3v) is 4.31. The van der Waals surface area contributed by atoms with Crippen molar-refractivity contribution in [1.29, 1.82) is 0 Å². The zero-order valence-corrected chi connectivity index (χ0v) is 12.3. The SMILES string of the molecule is Cc1cc(C(=O)NC(C)c2ccc(Cl)s2)ccc1N. The van der Waals surface area contributed by atoms with E-state index in [1.165, 1.54) is 11.3 Å². The van der Waals surface area contributed by atoms with Gasteiger partial charge < -0.3 is 11.1 Å². The van der Waals surface area contributed by atoms with E-state index in [9.17, 15) is 4.79 Å². The Hall–Kier alpha value is -1.52. The number of halogens is 1. The van der Waals surface area contributed by atoms with Crippen molar-refractivity contribution in [2.75, 3.05) is 5.73 Å². The maximum atomic E-state index is 12.1. The third kappa shape index (κ3) is 3.28. The van der Waals surface area contributed by atoms with Crippen molar-refractivity contribution in [1.82, 2.24) is 5.32 Å². The highest BCUT2D eigenvalue weighted by molar-refractivity contribution is 7.16. The van der Waals surface area contributed by atoms with E-state index in [2.05, 4.69) is 5.32 Å². The monoisotopic (exact) mass is 294 g/mol. The average molecular weight is 295 g/mol. The molecular weight excluding hydrogens is 280 g/mol. The Bertz CT molecular complexity index is 609. The Balaban J connectivity index is 2.10. The summed E-state index contributed by atoms with van der Waals surface area (Å²) in [5, 5.41) is 2.94. The minimum absolute atomic E-state index is 0.0668. The fourth-order valence-corrected chi connectivity index (χ4v) is 2.79. The zero-order chi connectivity index (χ0) is 14.0. The van der Waals surface area contributed by atoms with E-state index in [0.29, 0.717) is 11.3 Å². The van der Waals surface area contributed by atoms with Crippen LogP contribution < -0.4 is 11.1 Å². The molecule has 3 nitrogen and oxygen atoms in total. The summed E-state index contributed by atoms with van der Waals surface area (Å²) in [6.07, 6.45) is 0. The van der Waals surface area contributed by atoms with Gasteiger partial charge in [0.05, 0.1) is 10.4 Å². The summed E-state index contributed by atoms with van der Waals surface area (Å²) in [6.45, 7) is 3.82. The second-order valence-electron chi connectivity index (χ2n) is 4.41. The van der Waals surface area contributed by atoms with Gasteiger partial charge in [0.25, 0.3) is 5.91 Å². The highest BCUT2D eigenvalue weighted by Crippen LogP contribution is 2.26. The summed E-state index contributed by atoms with van der Waals surface area (Å²) in [6, 6.07) is 8.95. The molecule has 0 bridgehead atoms. The number of nitrogen functional groups attached to an aromatic ring is 1. The van der Waals surface area contributed by atoms with Gasteiger partial charge in [-0.3, -0.25) is 4.79 Å². The molecular formula is C14H15ClN2OS. The van der Waals surface area contributed by atoms with Crippen molar-refractivity contribution in [2.45, 2.75) is 19.9 Å². The van der Waals surface area contributed by atoms with E-state index in [0.717, 1.165) is 14.8 Å². The molecule has 1 unspecified atom stereocenters. The van der Waals surface area contributed by atoms with Crippen molar-refractivity contribution in [3.05, 3.63) is 50.7 Å². The van der Waals surface area contributed by atoms with Gasteiger partial charge in [0, 0.05) is 16.1 Å². The van der Waals surface area contributed by atoms with Crippen molar-refractivity contribution >= 4 is 34.5 Å². The Morgan fingerprint density at radius 2 is 2.11 bits per heavy atom. The lowest BCUT2D eigenvalue weighted by Gasteiger charge is -2.12. The average Bonchev–Trinajstić information content (AvgIpc) is 2.79. The number of carbonyl (C=O) groups is 1. The normalized spacial score (nSPS) is 12.2. The van der Waals surface area contributed by atoms with E-state index in [4.69, 9.17) is 17.3 Å². The predicted octanol–water partition coefficient (Wildman–Crippen LogP) is 3.78. The molecule has 2 rings (SSSR count). The number of hydrogen-bond acceptors (Lipinski definition) is 3. The number of rotatable bonds is 3. The van der Waals surface area contributed by atoms with Crippen molar-refractivity contribution in [3.63, 3.8) is 0 Å². The highest BCUT2D eigenvalue weighted by Gasteiger charge is 2.13. The zero-order valence-electron chi connectivity index (χ0n) is 10.7. The summed E-state index contributed by atoms with van der Waals surface area (Å²) in [4.78, 5) is 13.2. The van der Waals surface area contributed by atoms with Crippen LogP contribution in [0.1, 0.15) is 33.8 Å². The molecule has 3 N–H and O–H groups in total. The van der Waals surface area contributed by atoms with Crippen LogP contribution in [0.2, 0.25) is 4.34 Å². The van der Waals surface area contributed by atoms with Crippen molar-refractivity contribution in [3.8, 4) is 0 Å². The molecule has 19 heavy (non-hydrogen) atoms. The molecule has 0 aliphatic carbocycles. The third-order valence-electron chi connectivity index (χ3n) is 2.90. The van der Waals surface area contributed by atoms with Crippen LogP contribution >= 0.6 is 22.9 Å². The van der Waals surface area contributed by atoms with Gasteiger partial charge in [-0.2, -0.15) is 0 Å². The van der Waals surface area contributed by atoms with E-state index in [-0.39, 0.29) is 11.9 Å². The molecule has 0 saturated carbocycles. The molecule has 0 saturated heterocycles. The minimum atomic E-state index is -0.111. The second kappa shape index (κ2) is 5.63. The fraction of sp³-hybridized carbons (Fsp3) is 0.214. The van der Waals surface area contributed by atoms with Gasteiger partial charge in [0.2, 0.25) is 0 Å². The van der Waals surface area contributed by atoms with Gasteiger partial charge in [-0.05, 0) is 49.7 Å². The van der Waals surface area contributed by atoms with Gasteiger partial charge in [0.15, 0.2) is 0 Å². The molecule has 1 amide bonds. The number of hydrogen-bond donors (Lipinski definition) is 2. The van der Waals surface area contributed by atoms with Crippen LogP contribution in [-0.4, -0.2) is 5.91 Å². The van der Waals surface area contributed by atoms with Crippen LogP contribution in [-0.2, 0) is 0 Å². The first-order chi connectivity index (χ1) is 8.97. The number of nitrogens with two attached hydrogens (primary N) is 1. The standard InChI is InChI=1S/C14H15ClN2OS/c1-8-7-10(3-4-11(8)16)14(18)17-9(2)12-5-6-13(15)19-12/h3-7,9H,16H2,1-2H3,(H,17,18). The molecule has 1 atom stereocenters. The summed E-state index contributed by atoms with van der Waals surface area (Å²) in [5.74, 6) is -0.111. The van der Waals surface area contributed by atoms with E-state index < -0.39 is 0 Å². The Morgan fingerprint density at radius 3 is 2.68 bits per heavy atom. The summed E-state index contributed by atoms with van der Waals surface area (Å²) >= 11 is 7.36. The minimum Gasteiger partial charge on any atom is -0.399 e. The number of thiophene rings is 1. The maximum absolute atomic E-state index is 12.1. The van der Waals surface area contributed by atoms with E-state index in [1.54, 1.807) is 18.2 Å². The predicted molar refractivity (Wildman–Crippen MR) is 80.8 cm³/mol. The first-order valence-corrected chi connectivity index (χ1v) is 7.09. The lowest BCUT2D eigenvalue weighted by atomic mass is 10.1. The molecule has 2 aromatic rings. The fourth-order valence-electron chi connectivity index (χ4n) is 1.73. The van der Waals surface area contributed by atoms with Gasteiger partial charge in [-0.15, -0.1) is 11.3 Å². The molecule has 0 aliphatic heterocycles. The molecule has 100 valence electrons. The molecule has 1 heterocycles. The van der Waals surface area contributed by atoms with Gasteiger partial charge in [0.1, 0.15) is 0 Å². The molecule has 0 radical (unpaired) electrons. The van der Waals surface area contributed by atoms with Gasteiger partial charge in [-0.25, -0.2) is 0 Å². The molecule has 0 fully saturated rings. The molecule has 1 aromatic heterocycles. The Labute approximate surface area is 121 Å². The summed E-state index contributed by atoms with van der Waals surface area (Å²) in [7, 11) is 0. The first kappa shape index (κ1) is 13.9. The first-order valence-electron chi connectivity index (χ1n) is 5.89. The van der Waals surface area contributed by atoms with Crippen LogP contribution in [0.4, 0.5) is 5.69 Å². The number of amides is 1. The number of nitrogens with one attached hydrogen (secondary N) is 1. The van der Waals surface area contributed by atoms with Crippen LogP contribution in [0.5, 0.6) is 0 Å². The highest BCUT2D eigenvalue weighted by atomic mass is 35.5. The van der Waals surface area contributed by atoms with Gasteiger partial charge in [-0.1, -0.05) is 11.6 Å². The molecule has 0 aliphatic rings. The van der Waals surface area contributed by atoms with Crippen molar-refractivity contribution < 1.29 is 4.79 Å². The van der Waals surface area contributed by atoms with Crippen LogP contribution in [0.3, 0.4) is 0 Å². The smallest absolute Gasteiger partial charge is 0.251 e. The maximum Gasteiger partial charge on any atom is 0.251 e. The second-order valence-corrected chi connectivity index (χ2v) is 6.16. The number of carbonyl (C=O) groups excluding carboxylic acids is 1. The van der Waals surface area contributed by atoms with Gasteiger partial charge >= 0.3 is 0 Å². The summed E-state index contributed by atoms with van der Waals surface area (Å²) < 4.78 is 0.722.